The summed E-state index contributed by atoms with van der Waals surface area (Å²) < 4.78 is 13.6. The molecule has 0 amide bonds. The molecule has 4 rings (SSSR count). The molecule has 6 heteroatoms. The average Bonchev–Trinajstić information content (AvgIpc) is 2.94. The molecule has 0 saturated heterocycles. The number of rotatable bonds is 3. The Morgan fingerprint density at radius 1 is 1.00 bits per heavy atom. The number of aromatic nitrogens is 1. The van der Waals surface area contributed by atoms with Gasteiger partial charge in [-0.3, -0.25) is 0 Å². The second kappa shape index (κ2) is 6.00. The molecule has 0 aliphatic carbocycles. The summed E-state index contributed by atoms with van der Waals surface area (Å²) in [5.74, 6) is -2.22. The van der Waals surface area contributed by atoms with Crippen LogP contribution < -0.4 is 0 Å². The van der Waals surface area contributed by atoms with Crippen molar-refractivity contribution in [2.45, 2.75) is 0 Å². The summed E-state index contributed by atoms with van der Waals surface area (Å²) in [6, 6.07) is 16.7. The Kier molecular flexibility index (Phi) is 3.65. The summed E-state index contributed by atoms with van der Waals surface area (Å²) in [6.07, 6.45) is 0. The highest BCUT2D eigenvalue weighted by atomic mass is 19.1. The average molecular weight is 348 g/mol. The fourth-order valence-corrected chi connectivity index (χ4v) is 2.98. The number of aliphatic imine (C=N–C) groups is 1. The third-order valence-corrected chi connectivity index (χ3v) is 4.15. The van der Waals surface area contributed by atoms with E-state index in [1.54, 1.807) is 12.1 Å². The number of hydrogen-bond donors (Lipinski definition) is 3. The largest absolute Gasteiger partial charge is 0.494 e. The van der Waals surface area contributed by atoms with Crippen LogP contribution in [0.2, 0.25) is 0 Å². The standard InChI is InChI=1S/C20H13FN2O3/c21-13-6-8-16-15(10-13)17(19(24)23-16)18(20(25)26)22-14-7-5-11-3-1-2-4-12(11)9-14/h1-10,23-24H,(H,25,26). The first-order valence-electron chi connectivity index (χ1n) is 7.84. The number of carbonyl (C=O) groups is 1. The normalized spacial score (nSPS) is 12.0. The molecular weight excluding hydrogens is 335 g/mol. The van der Waals surface area contributed by atoms with Gasteiger partial charge in [0.1, 0.15) is 5.82 Å². The number of carboxylic acid groups (broad SMARTS) is 1. The van der Waals surface area contributed by atoms with Gasteiger partial charge in [-0.1, -0.05) is 30.3 Å². The molecule has 0 atom stereocenters. The van der Waals surface area contributed by atoms with Gasteiger partial charge in [-0.2, -0.15) is 0 Å². The van der Waals surface area contributed by atoms with Gasteiger partial charge in [0.2, 0.25) is 0 Å². The zero-order chi connectivity index (χ0) is 18.3. The number of aliphatic carboxylic acids is 1. The van der Waals surface area contributed by atoms with E-state index in [2.05, 4.69) is 9.98 Å². The van der Waals surface area contributed by atoms with Crippen LogP contribution in [0.15, 0.2) is 65.7 Å². The smallest absolute Gasteiger partial charge is 0.355 e. The Labute approximate surface area is 147 Å². The molecule has 1 heterocycles. The van der Waals surface area contributed by atoms with Crippen LogP contribution in [0.25, 0.3) is 21.7 Å². The van der Waals surface area contributed by atoms with Crippen LogP contribution in [0.4, 0.5) is 10.1 Å². The van der Waals surface area contributed by atoms with E-state index in [1.807, 2.05) is 30.3 Å². The number of H-pyrrole nitrogens is 1. The molecule has 0 fully saturated rings. The maximum Gasteiger partial charge on any atom is 0.355 e. The molecule has 0 spiro atoms. The Hall–Kier alpha value is -3.67. The number of nitrogens with one attached hydrogen (secondary N) is 1. The first kappa shape index (κ1) is 15.8. The summed E-state index contributed by atoms with van der Waals surface area (Å²) >= 11 is 0. The van der Waals surface area contributed by atoms with Crippen LogP contribution in [-0.4, -0.2) is 26.9 Å². The monoisotopic (exact) mass is 348 g/mol. The number of benzene rings is 3. The second-order valence-corrected chi connectivity index (χ2v) is 5.84. The summed E-state index contributed by atoms with van der Waals surface area (Å²) in [5.41, 5.74) is 0.437. The van der Waals surface area contributed by atoms with E-state index in [-0.39, 0.29) is 22.5 Å². The molecule has 0 aliphatic rings. The third kappa shape index (κ3) is 2.67. The molecule has 3 N–H and O–H groups in total. The molecule has 3 aromatic carbocycles. The van der Waals surface area contributed by atoms with Gasteiger partial charge in [0, 0.05) is 10.9 Å². The van der Waals surface area contributed by atoms with Crippen molar-refractivity contribution in [1.82, 2.24) is 4.98 Å². The van der Waals surface area contributed by atoms with Gasteiger partial charge in [0.15, 0.2) is 11.6 Å². The minimum Gasteiger partial charge on any atom is -0.494 e. The number of fused-ring (bicyclic) bond motifs is 2. The Balaban J connectivity index is 1.93. The fraction of sp³-hybridized carbons (Fsp3) is 0. The first-order chi connectivity index (χ1) is 12.5. The van der Waals surface area contributed by atoms with Gasteiger partial charge < -0.3 is 15.2 Å². The predicted molar refractivity (Wildman–Crippen MR) is 97.7 cm³/mol. The van der Waals surface area contributed by atoms with Crippen LogP contribution in [0, 0.1) is 5.82 Å². The van der Waals surface area contributed by atoms with Crippen molar-refractivity contribution in [2.75, 3.05) is 0 Å². The van der Waals surface area contributed by atoms with Crippen molar-refractivity contribution in [3.63, 3.8) is 0 Å². The molecular formula is C20H13FN2O3. The summed E-state index contributed by atoms with van der Waals surface area (Å²) in [5, 5.41) is 22.0. The van der Waals surface area contributed by atoms with E-state index >= 15 is 0 Å². The van der Waals surface area contributed by atoms with Gasteiger partial charge >= 0.3 is 5.97 Å². The lowest BCUT2D eigenvalue weighted by Gasteiger charge is -2.04. The Morgan fingerprint density at radius 3 is 2.54 bits per heavy atom. The Morgan fingerprint density at radius 2 is 1.77 bits per heavy atom. The number of aromatic hydroxyl groups is 1. The number of nitrogens with zero attached hydrogens (tertiary/aromatic N) is 1. The zero-order valence-corrected chi connectivity index (χ0v) is 13.4. The molecule has 26 heavy (non-hydrogen) atoms. The van der Waals surface area contributed by atoms with Crippen molar-refractivity contribution in [3.8, 4) is 5.88 Å². The molecule has 1 aromatic heterocycles. The number of carboxylic acids is 1. The predicted octanol–water partition coefficient (Wildman–Crippen LogP) is 4.37. The lowest BCUT2D eigenvalue weighted by Crippen LogP contribution is -2.14. The third-order valence-electron chi connectivity index (χ3n) is 4.15. The van der Waals surface area contributed by atoms with E-state index in [9.17, 15) is 19.4 Å². The Bertz CT molecular complexity index is 1190. The van der Waals surface area contributed by atoms with Crippen LogP contribution >= 0.6 is 0 Å². The molecule has 128 valence electrons. The van der Waals surface area contributed by atoms with Crippen molar-refractivity contribution in [1.29, 1.82) is 0 Å². The summed E-state index contributed by atoms with van der Waals surface area (Å²) in [7, 11) is 0. The van der Waals surface area contributed by atoms with Crippen molar-refractivity contribution in [3.05, 3.63) is 72.0 Å². The fourth-order valence-electron chi connectivity index (χ4n) is 2.98. The van der Waals surface area contributed by atoms with Crippen molar-refractivity contribution in [2.24, 2.45) is 4.99 Å². The molecule has 0 saturated carbocycles. The van der Waals surface area contributed by atoms with Gasteiger partial charge in [-0.25, -0.2) is 14.2 Å². The molecule has 0 unspecified atom stereocenters. The van der Waals surface area contributed by atoms with Crippen LogP contribution in [0.3, 0.4) is 0 Å². The van der Waals surface area contributed by atoms with Gasteiger partial charge in [0.05, 0.1) is 11.3 Å². The second-order valence-electron chi connectivity index (χ2n) is 5.84. The molecule has 4 aromatic rings. The molecule has 0 bridgehead atoms. The van der Waals surface area contributed by atoms with Crippen molar-refractivity contribution < 1.29 is 19.4 Å². The number of aromatic amines is 1. The molecule has 0 radical (unpaired) electrons. The number of halogens is 1. The minimum atomic E-state index is -1.32. The van der Waals surface area contributed by atoms with E-state index in [1.165, 1.54) is 18.2 Å². The maximum atomic E-state index is 13.6. The first-order valence-corrected chi connectivity index (χ1v) is 7.84. The van der Waals surface area contributed by atoms with Gasteiger partial charge in [0.25, 0.3) is 0 Å². The highest BCUT2D eigenvalue weighted by Gasteiger charge is 2.22. The number of hydrogen-bond acceptors (Lipinski definition) is 3. The molecule has 0 aliphatic heterocycles. The van der Waals surface area contributed by atoms with E-state index in [0.717, 1.165) is 10.8 Å². The lowest BCUT2D eigenvalue weighted by molar-refractivity contribution is -0.129. The molecule has 5 nitrogen and oxygen atoms in total. The van der Waals surface area contributed by atoms with E-state index in [4.69, 9.17) is 0 Å². The van der Waals surface area contributed by atoms with Crippen molar-refractivity contribution >= 4 is 39.0 Å². The highest BCUT2D eigenvalue weighted by molar-refractivity contribution is 6.46. The van der Waals surface area contributed by atoms with E-state index in [0.29, 0.717) is 11.2 Å². The minimum absolute atomic E-state index is 0.0415. The topological polar surface area (TPSA) is 85.7 Å². The summed E-state index contributed by atoms with van der Waals surface area (Å²) in [4.78, 5) is 18.7. The van der Waals surface area contributed by atoms with E-state index < -0.39 is 11.8 Å². The maximum absolute atomic E-state index is 13.6. The quantitative estimate of drug-likeness (QED) is 0.481. The van der Waals surface area contributed by atoms with Crippen LogP contribution in [-0.2, 0) is 4.79 Å². The van der Waals surface area contributed by atoms with Crippen LogP contribution in [0.5, 0.6) is 5.88 Å². The van der Waals surface area contributed by atoms with Gasteiger partial charge in [-0.15, -0.1) is 0 Å². The zero-order valence-electron chi connectivity index (χ0n) is 13.4. The van der Waals surface area contributed by atoms with Gasteiger partial charge in [-0.05, 0) is 41.1 Å². The lowest BCUT2D eigenvalue weighted by atomic mass is 10.1. The van der Waals surface area contributed by atoms with Crippen LogP contribution in [0.1, 0.15) is 5.56 Å². The summed E-state index contributed by atoms with van der Waals surface area (Å²) in [6.45, 7) is 0. The highest BCUT2D eigenvalue weighted by Crippen LogP contribution is 2.30. The SMILES string of the molecule is O=C(O)C(=Nc1ccc2ccccc2c1)c1c(O)[nH]c2ccc(F)cc12.